The van der Waals surface area contributed by atoms with Gasteiger partial charge in [-0.25, -0.2) is 14.9 Å². The average molecular weight is 513 g/mol. The lowest BCUT2D eigenvalue weighted by atomic mass is 9.92. The van der Waals surface area contributed by atoms with E-state index in [9.17, 15) is 9.59 Å². The minimum atomic E-state index is -0.315. The number of rotatable bonds is 7. The molecule has 0 saturated carbocycles. The van der Waals surface area contributed by atoms with Crippen molar-refractivity contribution >= 4 is 11.2 Å². The van der Waals surface area contributed by atoms with Gasteiger partial charge in [-0.2, -0.15) is 0 Å². The van der Waals surface area contributed by atoms with Crippen molar-refractivity contribution < 1.29 is 0 Å². The topological polar surface area (TPSA) is 116 Å². The van der Waals surface area contributed by atoms with Gasteiger partial charge in [0, 0.05) is 31.6 Å². The zero-order valence-electron chi connectivity index (χ0n) is 22.4. The summed E-state index contributed by atoms with van der Waals surface area (Å²) in [6, 6.07) is 16.2. The third kappa shape index (κ3) is 4.57. The molecule has 0 aliphatic heterocycles. The van der Waals surface area contributed by atoms with E-state index in [0.717, 1.165) is 28.1 Å². The molecule has 0 unspecified atom stereocenters. The number of nitrogens with zero attached hydrogens (tertiary/aromatic N) is 7. The van der Waals surface area contributed by atoms with Gasteiger partial charge in [-0.15, -0.1) is 5.10 Å². The molecule has 1 N–H and O–H groups in total. The number of aromatic amines is 1. The maximum Gasteiger partial charge on any atom is 0.332 e. The van der Waals surface area contributed by atoms with Gasteiger partial charge in [-0.05, 0) is 46.4 Å². The zero-order valence-corrected chi connectivity index (χ0v) is 22.4. The monoisotopic (exact) mass is 512 g/mol. The smallest absolute Gasteiger partial charge is 0.318 e. The molecule has 0 atom stereocenters. The molecular formula is C28H32N8O2. The third-order valence-electron chi connectivity index (χ3n) is 6.65. The van der Waals surface area contributed by atoms with Crippen LogP contribution in [0.25, 0.3) is 33.7 Å². The SMILES string of the molecule is CCn1c(=O)c2c(nc(CC(C)(C)C)n2Cc2ccc(-c3ccccc3-c3nnn[nH]3)cc2)n(CC)c1=O. The normalized spacial score (nSPS) is 11.9. The van der Waals surface area contributed by atoms with Crippen molar-refractivity contribution in [3.05, 3.63) is 80.8 Å². The number of benzene rings is 2. The van der Waals surface area contributed by atoms with Gasteiger partial charge in [-0.1, -0.05) is 69.3 Å². The molecular weight excluding hydrogens is 480 g/mol. The van der Waals surface area contributed by atoms with Crippen LogP contribution < -0.4 is 11.2 Å². The molecule has 0 aliphatic carbocycles. The Hall–Kier alpha value is -4.34. The highest BCUT2D eigenvalue weighted by atomic mass is 16.2. The minimum Gasteiger partial charge on any atom is -0.318 e. The summed E-state index contributed by atoms with van der Waals surface area (Å²) in [7, 11) is 0. The summed E-state index contributed by atoms with van der Waals surface area (Å²) in [4.78, 5) is 31.3. The molecule has 0 radical (unpaired) electrons. The van der Waals surface area contributed by atoms with Crippen LogP contribution in [0.2, 0.25) is 0 Å². The Bertz CT molecular complexity index is 1700. The summed E-state index contributed by atoms with van der Waals surface area (Å²) in [6.07, 6.45) is 0.668. The number of hydrogen-bond donors (Lipinski definition) is 1. The molecule has 0 fully saturated rings. The summed E-state index contributed by atoms with van der Waals surface area (Å²) in [5.41, 5.74) is 4.24. The average Bonchev–Trinajstić information content (AvgIpc) is 3.53. The van der Waals surface area contributed by atoms with Crippen LogP contribution in [-0.2, 0) is 26.1 Å². The predicted octanol–water partition coefficient (Wildman–Crippen LogP) is 3.88. The first-order valence-electron chi connectivity index (χ1n) is 12.9. The second-order valence-corrected chi connectivity index (χ2v) is 10.6. The van der Waals surface area contributed by atoms with Crippen molar-refractivity contribution in [3.8, 4) is 22.5 Å². The van der Waals surface area contributed by atoms with Gasteiger partial charge in [0.2, 0.25) is 0 Å². The van der Waals surface area contributed by atoms with Crippen molar-refractivity contribution in [1.29, 1.82) is 0 Å². The van der Waals surface area contributed by atoms with Gasteiger partial charge < -0.3 is 4.57 Å². The molecule has 38 heavy (non-hydrogen) atoms. The third-order valence-corrected chi connectivity index (χ3v) is 6.65. The molecule has 0 saturated heterocycles. The maximum atomic E-state index is 13.5. The van der Waals surface area contributed by atoms with E-state index >= 15 is 0 Å². The van der Waals surface area contributed by atoms with E-state index in [-0.39, 0.29) is 16.7 Å². The predicted molar refractivity (Wildman–Crippen MR) is 147 cm³/mol. The van der Waals surface area contributed by atoms with E-state index in [1.165, 1.54) is 4.57 Å². The Morgan fingerprint density at radius 2 is 1.55 bits per heavy atom. The van der Waals surface area contributed by atoms with Crippen LogP contribution in [0.1, 0.15) is 46.0 Å². The Morgan fingerprint density at radius 3 is 2.16 bits per heavy atom. The summed E-state index contributed by atoms with van der Waals surface area (Å²) < 4.78 is 4.88. The van der Waals surface area contributed by atoms with Gasteiger partial charge in [-0.3, -0.25) is 13.9 Å². The first-order valence-corrected chi connectivity index (χ1v) is 12.9. The molecule has 3 heterocycles. The maximum absolute atomic E-state index is 13.5. The summed E-state index contributed by atoms with van der Waals surface area (Å²) >= 11 is 0. The second-order valence-electron chi connectivity index (χ2n) is 10.6. The van der Waals surface area contributed by atoms with Crippen molar-refractivity contribution in [1.82, 2.24) is 39.3 Å². The Morgan fingerprint density at radius 1 is 0.868 bits per heavy atom. The summed E-state index contributed by atoms with van der Waals surface area (Å²) in [6.45, 7) is 11.4. The first kappa shape index (κ1) is 25.3. The van der Waals surface area contributed by atoms with E-state index in [2.05, 4.69) is 65.7 Å². The molecule has 10 heteroatoms. The number of nitrogens with one attached hydrogen (secondary N) is 1. The molecule has 5 aromatic rings. The molecule has 196 valence electrons. The minimum absolute atomic E-state index is 0.0522. The van der Waals surface area contributed by atoms with Crippen LogP contribution in [0.4, 0.5) is 0 Å². The second kappa shape index (κ2) is 9.85. The van der Waals surface area contributed by atoms with Crippen LogP contribution in [0.15, 0.2) is 58.1 Å². The van der Waals surface area contributed by atoms with Crippen LogP contribution in [0.3, 0.4) is 0 Å². The molecule has 3 aromatic heterocycles. The number of tetrazole rings is 1. The van der Waals surface area contributed by atoms with Crippen molar-refractivity contribution in [2.24, 2.45) is 5.41 Å². The summed E-state index contributed by atoms with van der Waals surface area (Å²) in [5, 5.41) is 14.3. The fourth-order valence-electron chi connectivity index (χ4n) is 4.87. The molecule has 5 rings (SSSR count). The fourth-order valence-corrected chi connectivity index (χ4v) is 4.87. The van der Waals surface area contributed by atoms with E-state index in [4.69, 9.17) is 4.98 Å². The molecule has 0 spiro atoms. The van der Waals surface area contributed by atoms with Crippen LogP contribution in [0.5, 0.6) is 0 Å². The van der Waals surface area contributed by atoms with Crippen LogP contribution in [0, 0.1) is 5.41 Å². The van der Waals surface area contributed by atoms with Gasteiger partial charge >= 0.3 is 5.69 Å². The Labute approximate surface area is 220 Å². The molecule has 2 aromatic carbocycles. The van der Waals surface area contributed by atoms with Crippen LogP contribution >= 0.6 is 0 Å². The zero-order chi connectivity index (χ0) is 27.0. The van der Waals surface area contributed by atoms with E-state index < -0.39 is 0 Å². The highest BCUT2D eigenvalue weighted by Crippen LogP contribution is 2.30. The van der Waals surface area contributed by atoms with Crippen molar-refractivity contribution in [2.45, 2.75) is 60.7 Å². The number of hydrogen-bond acceptors (Lipinski definition) is 6. The Kier molecular flexibility index (Phi) is 6.56. The van der Waals surface area contributed by atoms with Crippen molar-refractivity contribution in [3.63, 3.8) is 0 Å². The quantitative estimate of drug-likeness (QED) is 0.354. The number of imidazole rings is 1. The first-order chi connectivity index (χ1) is 18.2. The van der Waals surface area contributed by atoms with Gasteiger partial charge in [0.15, 0.2) is 17.0 Å². The highest BCUT2D eigenvalue weighted by molar-refractivity contribution is 5.80. The fraction of sp³-hybridized carbons (Fsp3) is 0.357. The lowest BCUT2D eigenvalue weighted by Gasteiger charge is -2.19. The van der Waals surface area contributed by atoms with E-state index in [0.29, 0.717) is 43.0 Å². The molecule has 0 aliphatic rings. The molecule has 0 amide bonds. The van der Waals surface area contributed by atoms with Gasteiger partial charge in [0.1, 0.15) is 5.82 Å². The lowest BCUT2D eigenvalue weighted by molar-refractivity contribution is 0.394. The molecule has 10 nitrogen and oxygen atoms in total. The molecule has 0 bridgehead atoms. The van der Waals surface area contributed by atoms with Crippen LogP contribution in [-0.4, -0.2) is 39.3 Å². The number of aromatic nitrogens is 8. The van der Waals surface area contributed by atoms with Gasteiger partial charge in [0.25, 0.3) is 5.56 Å². The Balaban J connectivity index is 1.61. The van der Waals surface area contributed by atoms with Crippen molar-refractivity contribution in [2.75, 3.05) is 0 Å². The van der Waals surface area contributed by atoms with E-state index in [1.807, 2.05) is 42.7 Å². The van der Waals surface area contributed by atoms with E-state index in [1.54, 1.807) is 4.57 Å². The highest BCUT2D eigenvalue weighted by Gasteiger charge is 2.24. The number of aryl methyl sites for hydroxylation is 1. The number of H-pyrrole nitrogens is 1. The number of fused-ring (bicyclic) bond motifs is 1. The largest absolute Gasteiger partial charge is 0.332 e. The lowest BCUT2D eigenvalue weighted by Crippen LogP contribution is -2.40. The van der Waals surface area contributed by atoms with Gasteiger partial charge in [0.05, 0.1) is 0 Å². The standard InChI is InChI=1S/C28H32N8O2/c1-6-34-25-23(26(37)35(7-2)27(34)38)36(22(29-25)16-28(3,4)5)17-18-12-14-19(15-13-18)20-10-8-9-11-21(20)24-30-32-33-31-24/h8-15H,6-7,16-17H2,1-5H3,(H,30,31,32,33). The summed E-state index contributed by atoms with van der Waals surface area (Å²) in [5.74, 6) is 1.41.